The van der Waals surface area contributed by atoms with Crippen LogP contribution in [0.5, 0.6) is 0 Å². The first-order valence-corrected chi connectivity index (χ1v) is 19.2. The van der Waals surface area contributed by atoms with Gasteiger partial charge in [0, 0.05) is 31.4 Å². The van der Waals surface area contributed by atoms with Crippen molar-refractivity contribution in [2.75, 3.05) is 41.3 Å². The van der Waals surface area contributed by atoms with E-state index in [1.807, 2.05) is 127 Å². The largest absolute Gasteiger partial charge is 0.340 e. The Labute approximate surface area is 329 Å². The number of likely N-dealkylation sites (N-methyl/N-ethyl adjacent to an activating group) is 2. The summed E-state index contributed by atoms with van der Waals surface area (Å²) in [4.78, 5) is 48.6. The fourth-order valence-corrected chi connectivity index (χ4v) is 8.09. The number of imidazole rings is 1. The molecule has 0 spiro atoms. The summed E-state index contributed by atoms with van der Waals surface area (Å²) in [5.74, 6) is 0.871. The van der Waals surface area contributed by atoms with E-state index < -0.39 is 0 Å². The summed E-state index contributed by atoms with van der Waals surface area (Å²) in [5, 5.41) is 0. The SMILES string of the molecule is CN(C)[C@@H](C(=O)N1CC=C[C@H]1C1=NC=C(c2ccc(-c3ccc(-c4cnc([C@@H]5C=CCN5C(=O)[C@@H](c5ccccc5)N(C)C)[nH]4)cc3)cc2)C1)c1ccccc1. The Morgan fingerprint density at radius 3 is 1.66 bits per heavy atom. The van der Waals surface area contributed by atoms with Gasteiger partial charge in [0.2, 0.25) is 11.8 Å². The summed E-state index contributed by atoms with van der Waals surface area (Å²) in [6, 6.07) is 35.8. The average Bonchev–Trinajstić information content (AvgIpc) is 4.06. The third-order valence-electron chi connectivity index (χ3n) is 11.0. The summed E-state index contributed by atoms with van der Waals surface area (Å²) < 4.78 is 0. The highest BCUT2D eigenvalue weighted by Gasteiger charge is 2.37. The Bertz CT molecular complexity index is 2310. The minimum Gasteiger partial charge on any atom is -0.340 e. The number of aromatic nitrogens is 2. The number of aliphatic imine (C=N–C) groups is 1. The molecule has 9 nitrogen and oxygen atoms in total. The van der Waals surface area contributed by atoms with Crippen LogP contribution in [0.1, 0.15) is 47.1 Å². The van der Waals surface area contributed by atoms with Gasteiger partial charge in [0.25, 0.3) is 0 Å². The van der Waals surface area contributed by atoms with Gasteiger partial charge in [-0.3, -0.25) is 24.4 Å². The molecule has 1 aromatic heterocycles. The number of rotatable bonds is 11. The average molecular weight is 742 g/mol. The zero-order chi connectivity index (χ0) is 38.8. The van der Waals surface area contributed by atoms with E-state index in [0.717, 1.165) is 56.2 Å². The van der Waals surface area contributed by atoms with Gasteiger partial charge in [0.05, 0.1) is 17.9 Å². The third-order valence-corrected chi connectivity index (χ3v) is 11.0. The van der Waals surface area contributed by atoms with Crippen molar-refractivity contribution in [1.29, 1.82) is 0 Å². The molecular formula is C47H47N7O2. The molecule has 2 amide bonds. The normalized spacial score (nSPS) is 18.8. The molecule has 0 bridgehead atoms. The van der Waals surface area contributed by atoms with Crippen molar-refractivity contribution in [2.45, 2.75) is 30.6 Å². The molecule has 0 aliphatic carbocycles. The lowest BCUT2D eigenvalue weighted by Crippen LogP contribution is -2.46. The van der Waals surface area contributed by atoms with Crippen LogP contribution in [0.25, 0.3) is 28.0 Å². The van der Waals surface area contributed by atoms with Gasteiger partial charge in [-0.25, -0.2) is 4.98 Å². The van der Waals surface area contributed by atoms with Gasteiger partial charge < -0.3 is 14.8 Å². The van der Waals surface area contributed by atoms with Crippen LogP contribution in [-0.4, -0.2) is 94.4 Å². The van der Waals surface area contributed by atoms with E-state index in [0.29, 0.717) is 19.5 Å². The molecule has 0 fully saturated rings. The highest BCUT2D eigenvalue weighted by Crippen LogP contribution is 2.34. The van der Waals surface area contributed by atoms with Crippen molar-refractivity contribution in [3.8, 4) is 22.4 Å². The Morgan fingerprint density at radius 1 is 0.643 bits per heavy atom. The lowest BCUT2D eigenvalue weighted by Gasteiger charge is -2.32. The maximum absolute atomic E-state index is 13.9. The zero-order valence-corrected chi connectivity index (χ0v) is 32.3. The van der Waals surface area contributed by atoms with Crippen LogP contribution in [0.3, 0.4) is 0 Å². The number of carbonyl (C=O) groups excluding carboxylic acids is 2. The monoisotopic (exact) mass is 741 g/mol. The van der Waals surface area contributed by atoms with Gasteiger partial charge in [-0.05, 0) is 67.1 Å². The number of H-pyrrole nitrogens is 1. The maximum atomic E-state index is 13.9. The first-order chi connectivity index (χ1) is 27.3. The van der Waals surface area contributed by atoms with E-state index in [4.69, 9.17) is 9.98 Å². The molecule has 0 radical (unpaired) electrons. The smallest absolute Gasteiger partial charge is 0.245 e. The van der Waals surface area contributed by atoms with Crippen molar-refractivity contribution < 1.29 is 9.59 Å². The molecule has 0 saturated carbocycles. The first kappa shape index (κ1) is 36.8. The minimum absolute atomic E-state index is 0.0450. The molecule has 0 saturated heterocycles. The second-order valence-corrected chi connectivity index (χ2v) is 15.1. The van der Waals surface area contributed by atoms with Crippen molar-refractivity contribution in [3.05, 3.63) is 168 Å². The van der Waals surface area contributed by atoms with Gasteiger partial charge in [-0.15, -0.1) is 0 Å². The highest BCUT2D eigenvalue weighted by atomic mass is 16.2. The van der Waals surface area contributed by atoms with Crippen molar-refractivity contribution in [3.63, 3.8) is 0 Å². The maximum Gasteiger partial charge on any atom is 0.245 e. The van der Waals surface area contributed by atoms with E-state index in [-0.39, 0.29) is 36.0 Å². The standard InChI is InChI=1S/C47H47N7O2/c1-51(2)43(36-13-7-5-8-14-36)46(55)53-27-11-17-41(53)39-29-38(30-48-39)34-21-19-32(20-22-34)33-23-25-35(26-24-33)40-31-49-45(50-40)42-18-12-28-54(42)47(56)44(52(3)4)37-15-9-6-10-16-37/h5-26,30-31,41-44H,27-29H2,1-4H3,(H,49,50)/t41-,42-,43+,44+/m0/s1. The van der Waals surface area contributed by atoms with Gasteiger partial charge >= 0.3 is 0 Å². The van der Waals surface area contributed by atoms with E-state index in [1.165, 1.54) is 0 Å². The summed E-state index contributed by atoms with van der Waals surface area (Å²) in [6.45, 7) is 1.12. The van der Waals surface area contributed by atoms with Crippen LogP contribution in [0.15, 0.2) is 151 Å². The summed E-state index contributed by atoms with van der Waals surface area (Å²) in [6.07, 6.45) is 12.8. The fraction of sp³-hybridized carbons (Fsp3) is 0.234. The molecule has 8 rings (SSSR count). The van der Waals surface area contributed by atoms with E-state index in [9.17, 15) is 9.59 Å². The highest BCUT2D eigenvalue weighted by molar-refractivity contribution is 6.05. The second kappa shape index (κ2) is 15.9. The van der Waals surface area contributed by atoms with Crippen LogP contribution in [-0.2, 0) is 9.59 Å². The number of carbonyl (C=O) groups is 2. The van der Waals surface area contributed by atoms with E-state index in [1.54, 1.807) is 0 Å². The summed E-state index contributed by atoms with van der Waals surface area (Å²) >= 11 is 0. The molecule has 1 N–H and O–H groups in total. The van der Waals surface area contributed by atoms with Crippen molar-refractivity contribution >= 4 is 23.1 Å². The topological polar surface area (TPSA) is 88.1 Å². The van der Waals surface area contributed by atoms with Crippen molar-refractivity contribution in [1.82, 2.24) is 29.6 Å². The van der Waals surface area contributed by atoms with Crippen LogP contribution < -0.4 is 0 Å². The molecule has 5 aromatic rings. The third kappa shape index (κ3) is 7.31. The fourth-order valence-electron chi connectivity index (χ4n) is 8.09. The molecule has 0 unspecified atom stereocenters. The first-order valence-electron chi connectivity index (χ1n) is 19.2. The van der Waals surface area contributed by atoms with Gasteiger partial charge in [-0.1, -0.05) is 133 Å². The van der Waals surface area contributed by atoms with Crippen LogP contribution in [0.4, 0.5) is 0 Å². The van der Waals surface area contributed by atoms with E-state index in [2.05, 4.69) is 71.7 Å². The zero-order valence-electron chi connectivity index (χ0n) is 32.3. The number of aromatic amines is 1. The molecule has 4 atom stereocenters. The second-order valence-electron chi connectivity index (χ2n) is 15.1. The van der Waals surface area contributed by atoms with Gasteiger partial charge in [0.15, 0.2) is 0 Å². The molecular weight excluding hydrogens is 695 g/mol. The summed E-state index contributed by atoms with van der Waals surface area (Å²) in [7, 11) is 7.79. The van der Waals surface area contributed by atoms with Gasteiger partial charge in [-0.2, -0.15) is 0 Å². The number of nitrogens with one attached hydrogen (secondary N) is 1. The Balaban J connectivity index is 0.904. The predicted octanol–water partition coefficient (Wildman–Crippen LogP) is 7.74. The van der Waals surface area contributed by atoms with E-state index >= 15 is 0 Å². The Kier molecular flexibility index (Phi) is 10.4. The van der Waals surface area contributed by atoms with Crippen molar-refractivity contribution in [2.24, 2.45) is 4.99 Å². The molecule has 4 heterocycles. The lowest BCUT2D eigenvalue weighted by atomic mass is 9.96. The quantitative estimate of drug-likeness (QED) is 0.140. The number of allylic oxidation sites excluding steroid dienone is 1. The molecule has 9 heteroatoms. The molecule has 4 aromatic carbocycles. The number of nitrogens with zero attached hydrogens (tertiary/aromatic N) is 6. The Hall–Kier alpha value is -6.16. The van der Waals surface area contributed by atoms with Crippen LogP contribution >= 0.6 is 0 Å². The van der Waals surface area contributed by atoms with Gasteiger partial charge in [0.1, 0.15) is 23.9 Å². The number of hydrogen-bond donors (Lipinski definition) is 1. The summed E-state index contributed by atoms with van der Waals surface area (Å²) in [5.41, 5.74) is 9.38. The molecule has 3 aliphatic heterocycles. The number of amides is 2. The number of hydrogen-bond acceptors (Lipinski definition) is 6. The molecule has 282 valence electrons. The molecule has 56 heavy (non-hydrogen) atoms. The van der Waals surface area contributed by atoms with Crippen LogP contribution in [0, 0.1) is 0 Å². The van der Waals surface area contributed by atoms with Crippen LogP contribution in [0.2, 0.25) is 0 Å². The lowest BCUT2D eigenvalue weighted by molar-refractivity contribution is -0.137. The molecule has 3 aliphatic rings. The minimum atomic E-state index is -0.380. The Morgan fingerprint density at radius 2 is 1.12 bits per heavy atom. The predicted molar refractivity (Wildman–Crippen MR) is 223 cm³/mol. The number of benzene rings is 4.